The molecule has 2 rings (SSSR count). The van der Waals surface area contributed by atoms with Crippen LogP contribution < -0.4 is 16.2 Å². The zero-order valence-electron chi connectivity index (χ0n) is 13.5. The van der Waals surface area contributed by atoms with Crippen molar-refractivity contribution in [2.75, 3.05) is 11.9 Å². The molecule has 3 N–H and O–H groups in total. The Balaban J connectivity index is 1.97. The molecule has 0 atom stereocenters. The predicted octanol–water partition coefficient (Wildman–Crippen LogP) is 0.610. The predicted molar refractivity (Wildman–Crippen MR) is 90.5 cm³/mol. The lowest BCUT2D eigenvalue weighted by atomic mass is 10.2. The minimum atomic E-state index is -1.14. The maximum Gasteiger partial charge on any atom is 0.322 e. The topological polar surface area (TPSA) is 118 Å². The van der Waals surface area contributed by atoms with E-state index in [4.69, 9.17) is 5.11 Å². The lowest BCUT2D eigenvalue weighted by Crippen LogP contribution is -2.29. The molecule has 130 valence electrons. The van der Waals surface area contributed by atoms with Gasteiger partial charge in [0.05, 0.1) is 0 Å². The van der Waals surface area contributed by atoms with Gasteiger partial charge in [-0.1, -0.05) is 6.07 Å². The van der Waals surface area contributed by atoms with Crippen molar-refractivity contribution >= 4 is 23.5 Å². The Morgan fingerprint density at radius 2 is 1.76 bits per heavy atom. The number of benzene rings is 1. The molecule has 1 heterocycles. The second-order valence-electron chi connectivity index (χ2n) is 5.37. The van der Waals surface area contributed by atoms with E-state index in [1.807, 2.05) is 6.92 Å². The molecule has 0 aliphatic carbocycles. The Morgan fingerprint density at radius 1 is 1.08 bits per heavy atom. The summed E-state index contributed by atoms with van der Waals surface area (Å²) in [5, 5.41) is 13.4. The van der Waals surface area contributed by atoms with Gasteiger partial charge in [0.15, 0.2) is 0 Å². The number of aromatic nitrogens is 1. The molecular weight excluding hydrogens is 326 g/mol. The van der Waals surface area contributed by atoms with Crippen LogP contribution in [0.2, 0.25) is 0 Å². The Hall–Kier alpha value is -3.42. The summed E-state index contributed by atoms with van der Waals surface area (Å²) in [4.78, 5) is 45.8. The Labute approximate surface area is 143 Å². The molecule has 0 saturated carbocycles. The first-order valence-corrected chi connectivity index (χ1v) is 7.42. The van der Waals surface area contributed by atoms with Crippen LogP contribution in [-0.2, 0) is 16.1 Å². The molecular formula is C17H17N3O5. The van der Waals surface area contributed by atoms with Crippen molar-refractivity contribution in [3.05, 3.63) is 64.1 Å². The van der Waals surface area contributed by atoms with Gasteiger partial charge in [0.1, 0.15) is 13.1 Å². The molecule has 2 amide bonds. The van der Waals surface area contributed by atoms with E-state index in [1.54, 1.807) is 12.3 Å². The van der Waals surface area contributed by atoms with E-state index < -0.39 is 18.4 Å². The third-order valence-electron chi connectivity index (χ3n) is 3.28. The largest absolute Gasteiger partial charge is 0.480 e. The summed E-state index contributed by atoms with van der Waals surface area (Å²) >= 11 is 0. The molecule has 2 aromatic rings. The molecule has 8 nitrogen and oxygen atoms in total. The third-order valence-corrected chi connectivity index (χ3v) is 3.28. The highest BCUT2D eigenvalue weighted by molar-refractivity contribution is 5.97. The average Bonchev–Trinajstić information content (AvgIpc) is 2.56. The van der Waals surface area contributed by atoms with Crippen LogP contribution in [0.25, 0.3) is 0 Å². The van der Waals surface area contributed by atoms with Gasteiger partial charge in [-0.05, 0) is 36.8 Å². The summed E-state index contributed by atoms with van der Waals surface area (Å²) in [6.45, 7) is 1.23. The van der Waals surface area contributed by atoms with Crippen LogP contribution in [0.1, 0.15) is 15.9 Å². The molecule has 0 aliphatic rings. The van der Waals surface area contributed by atoms with E-state index in [0.29, 0.717) is 5.69 Å². The van der Waals surface area contributed by atoms with Crippen molar-refractivity contribution in [2.45, 2.75) is 13.5 Å². The van der Waals surface area contributed by atoms with Crippen LogP contribution in [-0.4, -0.2) is 34.0 Å². The fraction of sp³-hybridized carbons (Fsp3) is 0.176. The molecule has 0 radical (unpaired) electrons. The van der Waals surface area contributed by atoms with Gasteiger partial charge >= 0.3 is 5.97 Å². The molecule has 0 unspecified atom stereocenters. The zero-order chi connectivity index (χ0) is 18.4. The second kappa shape index (κ2) is 7.91. The highest BCUT2D eigenvalue weighted by atomic mass is 16.4. The fourth-order valence-electron chi connectivity index (χ4n) is 2.09. The lowest BCUT2D eigenvalue weighted by Gasteiger charge is -2.09. The summed E-state index contributed by atoms with van der Waals surface area (Å²) in [6.07, 6.45) is 1.60. The van der Waals surface area contributed by atoms with Crippen molar-refractivity contribution in [1.29, 1.82) is 0 Å². The van der Waals surface area contributed by atoms with Crippen molar-refractivity contribution in [3.8, 4) is 0 Å². The summed E-state index contributed by atoms with van der Waals surface area (Å²) in [5.41, 5.74) is 1.32. The quantitative estimate of drug-likeness (QED) is 0.710. The second-order valence-corrected chi connectivity index (χ2v) is 5.37. The first-order valence-electron chi connectivity index (χ1n) is 7.42. The molecule has 0 bridgehead atoms. The fourth-order valence-corrected chi connectivity index (χ4v) is 2.09. The summed E-state index contributed by atoms with van der Waals surface area (Å²) < 4.78 is 1.30. The standard InChI is InChI=1S/C17H17N3O5/c1-11-2-7-15(22)20(9-11)10-14(21)19-13-5-3-12(4-6-13)17(25)18-8-16(23)24/h2-7,9H,8,10H2,1H3,(H,18,25)(H,19,21)(H,23,24). The first kappa shape index (κ1) is 17.9. The number of carboxylic acids is 1. The summed E-state index contributed by atoms with van der Waals surface area (Å²) in [7, 11) is 0. The highest BCUT2D eigenvalue weighted by Gasteiger charge is 2.09. The normalized spacial score (nSPS) is 10.1. The number of hydrogen-bond acceptors (Lipinski definition) is 4. The van der Waals surface area contributed by atoms with Crippen LogP contribution in [0, 0.1) is 6.92 Å². The zero-order valence-corrected chi connectivity index (χ0v) is 13.5. The number of rotatable bonds is 6. The van der Waals surface area contributed by atoms with E-state index in [0.717, 1.165) is 5.56 Å². The molecule has 0 saturated heterocycles. The SMILES string of the molecule is Cc1ccc(=O)n(CC(=O)Nc2ccc(C(=O)NCC(=O)O)cc2)c1. The van der Waals surface area contributed by atoms with Gasteiger partial charge < -0.3 is 20.3 Å². The number of nitrogens with one attached hydrogen (secondary N) is 2. The van der Waals surface area contributed by atoms with Gasteiger partial charge in [-0.25, -0.2) is 0 Å². The number of amides is 2. The maximum absolute atomic E-state index is 12.0. The number of hydrogen-bond donors (Lipinski definition) is 3. The maximum atomic E-state index is 12.0. The highest BCUT2D eigenvalue weighted by Crippen LogP contribution is 2.09. The third kappa shape index (κ3) is 5.31. The Morgan fingerprint density at radius 3 is 2.40 bits per heavy atom. The van der Waals surface area contributed by atoms with Gasteiger partial charge in [0.25, 0.3) is 11.5 Å². The number of anilines is 1. The average molecular weight is 343 g/mol. The van der Waals surface area contributed by atoms with Crippen molar-refractivity contribution < 1.29 is 19.5 Å². The summed E-state index contributed by atoms with van der Waals surface area (Å²) in [6, 6.07) is 9.04. The van der Waals surface area contributed by atoms with Gasteiger partial charge in [0.2, 0.25) is 5.91 Å². The number of aryl methyl sites for hydroxylation is 1. The number of pyridine rings is 1. The molecule has 1 aromatic heterocycles. The van der Waals surface area contributed by atoms with Gasteiger partial charge in [-0.2, -0.15) is 0 Å². The van der Waals surface area contributed by atoms with E-state index in [1.165, 1.54) is 34.9 Å². The number of carbonyl (C=O) groups excluding carboxylic acids is 2. The Bertz CT molecular complexity index is 855. The van der Waals surface area contributed by atoms with Crippen molar-refractivity contribution in [1.82, 2.24) is 9.88 Å². The Kier molecular flexibility index (Phi) is 5.67. The number of aliphatic carboxylic acids is 1. The number of nitrogens with zero attached hydrogens (tertiary/aromatic N) is 1. The molecule has 25 heavy (non-hydrogen) atoms. The van der Waals surface area contributed by atoms with Crippen LogP contribution >= 0.6 is 0 Å². The smallest absolute Gasteiger partial charge is 0.322 e. The van der Waals surface area contributed by atoms with E-state index in [2.05, 4.69) is 10.6 Å². The van der Waals surface area contributed by atoms with Crippen LogP contribution in [0.4, 0.5) is 5.69 Å². The number of carbonyl (C=O) groups is 3. The van der Waals surface area contributed by atoms with E-state index >= 15 is 0 Å². The molecule has 1 aromatic carbocycles. The molecule has 8 heteroatoms. The molecule has 0 fully saturated rings. The number of carboxylic acid groups (broad SMARTS) is 1. The molecule has 0 aliphatic heterocycles. The first-order chi connectivity index (χ1) is 11.8. The van der Waals surface area contributed by atoms with Crippen LogP contribution in [0.3, 0.4) is 0 Å². The van der Waals surface area contributed by atoms with Gasteiger partial charge in [-0.15, -0.1) is 0 Å². The molecule has 0 spiro atoms. The van der Waals surface area contributed by atoms with E-state index in [-0.39, 0.29) is 23.6 Å². The van der Waals surface area contributed by atoms with Crippen LogP contribution in [0.15, 0.2) is 47.4 Å². The van der Waals surface area contributed by atoms with Crippen molar-refractivity contribution in [2.24, 2.45) is 0 Å². The lowest BCUT2D eigenvalue weighted by molar-refractivity contribution is -0.135. The monoisotopic (exact) mass is 343 g/mol. The minimum absolute atomic E-state index is 0.124. The van der Waals surface area contributed by atoms with Gasteiger partial charge in [0, 0.05) is 23.5 Å². The van der Waals surface area contributed by atoms with E-state index in [9.17, 15) is 19.2 Å². The summed E-state index contributed by atoms with van der Waals surface area (Å²) in [5.74, 6) is -2.04. The minimum Gasteiger partial charge on any atom is -0.480 e. The van der Waals surface area contributed by atoms with Gasteiger partial charge in [-0.3, -0.25) is 19.2 Å². The van der Waals surface area contributed by atoms with Crippen LogP contribution in [0.5, 0.6) is 0 Å². The van der Waals surface area contributed by atoms with Crippen molar-refractivity contribution in [3.63, 3.8) is 0 Å².